The highest BCUT2D eigenvalue weighted by atomic mass is 19.1. The van der Waals surface area contributed by atoms with E-state index in [-0.39, 0.29) is 53.9 Å². The van der Waals surface area contributed by atoms with Gasteiger partial charge in [-0.05, 0) is 12.8 Å². The third-order valence-electron chi connectivity index (χ3n) is 6.72. The van der Waals surface area contributed by atoms with E-state index in [0.717, 1.165) is 38.5 Å². The van der Waals surface area contributed by atoms with Crippen LogP contribution < -0.4 is 10.5 Å². The van der Waals surface area contributed by atoms with Crippen molar-refractivity contribution in [3.8, 4) is 17.1 Å². The van der Waals surface area contributed by atoms with Crippen LogP contribution in [0.25, 0.3) is 11.1 Å². The van der Waals surface area contributed by atoms with Gasteiger partial charge < -0.3 is 20.1 Å². The van der Waals surface area contributed by atoms with Gasteiger partial charge >= 0.3 is 12.0 Å². The molecule has 3 N–H and O–H groups in total. The van der Waals surface area contributed by atoms with Crippen LogP contribution in [0.1, 0.15) is 56.9 Å². The fourth-order valence-electron chi connectivity index (χ4n) is 4.75. The van der Waals surface area contributed by atoms with E-state index in [4.69, 9.17) is 20.6 Å². The molecule has 0 unspecified atom stereocenters. The number of carbonyl (C=O) groups excluding carboxylic acids is 2. The lowest BCUT2D eigenvalue weighted by Crippen LogP contribution is -2.44. The second kappa shape index (κ2) is 11.9. The Balaban J connectivity index is 1.30. The van der Waals surface area contributed by atoms with Crippen molar-refractivity contribution in [2.75, 3.05) is 13.1 Å². The number of aromatic nitrogens is 2. The summed E-state index contributed by atoms with van der Waals surface area (Å²) in [6, 6.07) is 4.97. The molecule has 10 heteroatoms. The average Bonchev–Trinajstić information content (AvgIpc) is 2.89. The zero-order valence-electron chi connectivity index (χ0n) is 20.2. The Morgan fingerprint density at radius 2 is 1.78 bits per heavy atom. The topological polar surface area (TPSA) is 131 Å². The van der Waals surface area contributed by atoms with E-state index in [1.165, 1.54) is 24.9 Å². The molecular formula is C26H32FN5O4. The number of ether oxygens (including phenoxy) is 2. The van der Waals surface area contributed by atoms with Gasteiger partial charge in [-0.15, -0.1) is 0 Å². The smallest absolute Gasteiger partial charge is 0.316 e. The highest BCUT2D eigenvalue weighted by Crippen LogP contribution is 2.28. The Labute approximate surface area is 209 Å². The van der Waals surface area contributed by atoms with Gasteiger partial charge in [0.25, 0.3) is 0 Å². The first-order valence-electron chi connectivity index (χ1n) is 12.4. The molecule has 2 fully saturated rings. The molecule has 2 aromatic rings. The number of halogens is 1. The molecule has 1 saturated heterocycles. The molecule has 192 valence electrons. The summed E-state index contributed by atoms with van der Waals surface area (Å²) < 4.78 is 25.9. The number of esters is 1. The van der Waals surface area contributed by atoms with Crippen LogP contribution in [0.4, 0.5) is 4.39 Å². The van der Waals surface area contributed by atoms with E-state index in [1.54, 1.807) is 12.1 Å². The van der Waals surface area contributed by atoms with Crippen LogP contribution in [-0.4, -0.2) is 51.8 Å². The van der Waals surface area contributed by atoms with Crippen molar-refractivity contribution in [1.29, 1.82) is 5.41 Å². The highest BCUT2D eigenvalue weighted by molar-refractivity contribution is 5.94. The van der Waals surface area contributed by atoms with Gasteiger partial charge in [0.15, 0.2) is 0 Å². The average molecular weight is 498 g/mol. The summed E-state index contributed by atoms with van der Waals surface area (Å²) in [7, 11) is 0. The summed E-state index contributed by atoms with van der Waals surface area (Å²) >= 11 is 0. The van der Waals surface area contributed by atoms with E-state index in [0.29, 0.717) is 18.7 Å². The number of hydrogen-bond acceptors (Lipinski definition) is 7. The number of benzene rings is 1. The first-order valence-corrected chi connectivity index (χ1v) is 12.4. The molecular weight excluding hydrogens is 465 g/mol. The predicted molar refractivity (Wildman–Crippen MR) is 131 cm³/mol. The van der Waals surface area contributed by atoms with Gasteiger partial charge in [-0.3, -0.25) is 15.0 Å². The normalized spacial score (nSPS) is 17.0. The number of likely N-dealkylation sites (tertiary alicyclic amines) is 1. The molecule has 1 saturated carbocycles. The minimum atomic E-state index is -0.693. The maximum Gasteiger partial charge on any atom is 0.316 e. The third-order valence-corrected chi connectivity index (χ3v) is 6.72. The fraction of sp³-hybridized carbons (Fsp3) is 0.500. The van der Waals surface area contributed by atoms with Gasteiger partial charge in [-0.25, -0.2) is 14.4 Å². The van der Waals surface area contributed by atoms with E-state index in [9.17, 15) is 9.59 Å². The standard InChI is InChI=1S/C26H32FN5O4/c27-24-18(16-35-23(33)13-22(28)29)7-4-8-21(24)19-14-30-26(31-15-19)36-20-9-11-32(12-10-20)25(34)17-5-2-1-3-6-17/h4,7-8,14-15,17,20H,1-3,5-6,9-13,16H2,(H3,28,29). The van der Waals surface area contributed by atoms with Crippen molar-refractivity contribution in [3.63, 3.8) is 0 Å². The SMILES string of the molecule is N=C(N)CC(=O)OCc1cccc(-c2cnc(OC3CCN(C(=O)C4CCCCC4)CC3)nc2)c1F. The van der Waals surface area contributed by atoms with Crippen LogP contribution in [0.15, 0.2) is 30.6 Å². The minimum Gasteiger partial charge on any atom is -0.460 e. The number of piperidine rings is 1. The summed E-state index contributed by atoms with van der Waals surface area (Å²) in [6.07, 6.45) is 9.55. The Bertz CT molecular complexity index is 1080. The van der Waals surface area contributed by atoms with Crippen LogP contribution in [0, 0.1) is 17.1 Å². The number of carbonyl (C=O) groups is 2. The summed E-state index contributed by atoms with van der Waals surface area (Å²) in [5, 5.41) is 7.12. The Morgan fingerprint density at radius 1 is 1.08 bits per heavy atom. The van der Waals surface area contributed by atoms with Gasteiger partial charge in [-0.1, -0.05) is 37.5 Å². The molecule has 0 spiro atoms. The van der Waals surface area contributed by atoms with E-state index < -0.39 is 11.8 Å². The highest BCUT2D eigenvalue weighted by Gasteiger charge is 2.30. The molecule has 1 aliphatic heterocycles. The molecule has 2 aliphatic rings. The predicted octanol–water partition coefficient (Wildman–Crippen LogP) is 3.60. The number of hydrogen-bond donors (Lipinski definition) is 2. The van der Waals surface area contributed by atoms with Crippen LogP contribution in [0.5, 0.6) is 6.01 Å². The fourth-order valence-corrected chi connectivity index (χ4v) is 4.75. The van der Waals surface area contributed by atoms with Crippen molar-refractivity contribution in [3.05, 3.63) is 42.0 Å². The van der Waals surface area contributed by atoms with Crippen LogP contribution in [-0.2, 0) is 20.9 Å². The van der Waals surface area contributed by atoms with Crippen molar-refractivity contribution >= 4 is 17.7 Å². The first kappa shape index (κ1) is 25.5. The number of nitrogens with zero attached hydrogens (tertiary/aromatic N) is 3. The molecule has 1 aromatic carbocycles. The van der Waals surface area contributed by atoms with Gasteiger partial charge in [0, 0.05) is 60.9 Å². The third kappa shape index (κ3) is 6.56. The Hall–Kier alpha value is -3.56. The van der Waals surface area contributed by atoms with Gasteiger partial charge in [0.2, 0.25) is 5.91 Å². The van der Waals surface area contributed by atoms with Gasteiger partial charge in [0.05, 0.1) is 0 Å². The van der Waals surface area contributed by atoms with Gasteiger partial charge in [0.1, 0.15) is 30.8 Å². The van der Waals surface area contributed by atoms with Crippen molar-refractivity contribution < 1.29 is 23.5 Å². The molecule has 0 radical (unpaired) electrons. The lowest BCUT2D eigenvalue weighted by atomic mass is 9.88. The summed E-state index contributed by atoms with van der Waals surface area (Å²) in [6.45, 7) is 1.08. The number of rotatable bonds is 8. The summed E-state index contributed by atoms with van der Waals surface area (Å²) in [5.74, 6) is -1.08. The minimum absolute atomic E-state index is 0.0731. The first-order chi connectivity index (χ1) is 17.4. The number of nitrogens with one attached hydrogen (secondary N) is 1. The number of amidine groups is 1. The summed E-state index contributed by atoms with van der Waals surface area (Å²) in [4.78, 5) is 34.8. The molecule has 1 aromatic heterocycles. The van der Waals surface area contributed by atoms with E-state index in [2.05, 4.69) is 9.97 Å². The number of amides is 1. The molecule has 2 heterocycles. The maximum absolute atomic E-state index is 15.0. The van der Waals surface area contributed by atoms with Crippen molar-refractivity contribution in [2.45, 2.75) is 64.1 Å². The second-order valence-corrected chi connectivity index (χ2v) is 9.37. The number of nitrogens with two attached hydrogens (primary N) is 1. The zero-order valence-corrected chi connectivity index (χ0v) is 20.2. The van der Waals surface area contributed by atoms with E-state index in [1.807, 2.05) is 4.90 Å². The molecule has 9 nitrogen and oxygen atoms in total. The molecule has 0 bridgehead atoms. The van der Waals surface area contributed by atoms with Crippen molar-refractivity contribution in [1.82, 2.24) is 14.9 Å². The lowest BCUT2D eigenvalue weighted by molar-refractivity contribution is -0.143. The molecule has 0 atom stereocenters. The Morgan fingerprint density at radius 3 is 2.44 bits per heavy atom. The van der Waals surface area contributed by atoms with Gasteiger partial charge in [-0.2, -0.15) is 0 Å². The van der Waals surface area contributed by atoms with Crippen LogP contribution in [0.2, 0.25) is 0 Å². The van der Waals surface area contributed by atoms with Crippen molar-refractivity contribution in [2.24, 2.45) is 11.7 Å². The second-order valence-electron chi connectivity index (χ2n) is 9.37. The molecule has 1 amide bonds. The maximum atomic E-state index is 15.0. The molecule has 36 heavy (non-hydrogen) atoms. The summed E-state index contributed by atoms with van der Waals surface area (Å²) in [5.41, 5.74) is 6.11. The molecule has 4 rings (SSSR count). The molecule has 1 aliphatic carbocycles. The van der Waals surface area contributed by atoms with Crippen LogP contribution in [0.3, 0.4) is 0 Å². The quantitative estimate of drug-likeness (QED) is 0.324. The lowest BCUT2D eigenvalue weighted by Gasteiger charge is -2.34. The monoisotopic (exact) mass is 497 g/mol. The van der Waals surface area contributed by atoms with E-state index >= 15 is 4.39 Å². The largest absolute Gasteiger partial charge is 0.460 e. The Kier molecular flexibility index (Phi) is 8.45. The van der Waals surface area contributed by atoms with Crippen LogP contribution >= 0.6 is 0 Å². The zero-order chi connectivity index (χ0) is 25.5.